The van der Waals surface area contributed by atoms with Crippen LogP contribution in [0.3, 0.4) is 0 Å². The zero-order valence-electron chi connectivity index (χ0n) is 21.2. The molecule has 2 aliphatic heterocycles. The molecule has 3 rings (SSSR count). The molecule has 0 saturated carbocycles. The maximum absolute atomic E-state index is 13.3. The van der Waals surface area contributed by atoms with Crippen LogP contribution in [0.5, 0.6) is 0 Å². The van der Waals surface area contributed by atoms with Crippen LogP contribution in [0.15, 0.2) is 42.0 Å². The van der Waals surface area contributed by atoms with Crippen molar-refractivity contribution in [2.24, 2.45) is 0 Å². The number of nitrogens with one attached hydrogen (secondary N) is 1. The topological polar surface area (TPSA) is 126 Å². The first-order valence-electron chi connectivity index (χ1n) is 12.7. The molecule has 0 aliphatic carbocycles. The minimum atomic E-state index is -1.76. The number of hydrogen-bond acceptors (Lipinski definition) is 7. The van der Waals surface area contributed by atoms with E-state index in [9.17, 15) is 24.9 Å². The Morgan fingerprint density at radius 3 is 2.53 bits per heavy atom. The third-order valence-corrected chi connectivity index (χ3v) is 7.03. The Kier molecular flexibility index (Phi) is 9.93. The Balaban J connectivity index is 1.58. The second-order valence-corrected chi connectivity index (χ2v) is 10.1. The van der Waals surface area contributed by atoms with Gasteiger partial charge in [-0.05, 0) is 70.7 Å². The standard InChI is InChI=1S/C26H37BN4O5/c1-26(2,30-13-7-4-8-14-30)17-21(18-28)24(32)31-15-9-12-22(31)19-36-25(33)29-23(27(34)35)16-20-10-5-3-6-11-20/h3,5-6,10-11,17,22-23,34-35H,4,7-9,12-16,19H2,1-2H3,(H,29,33)/b21-17+/t22-,23+/m1/s1. The number of carbonyl (C=O) groups excluding carboxylic acids is 2. The van der Waals surface area contributed by atoms with Gasteiger partial charge in [-0.15, -0.1) is 0 Å². The van der Waals surface area contributed by atoms with E-state index < -0.39 is 24.7 Å². The van der Waals surface area contributed by atoms with Gasteiger partial charge < -0.3 is 25.0 Å². The lowest BCUT2D eigenvalue weighted by Gasteiger charge is -2.39. The van der Waals surface area contributed by atoms with Crippen LogP contribution in [0.25, 0.3) is 0 Å². The van der Waals surface area contributed by atoms with E-state index in [4.69, 9.17) is 4.74 Å². The maximum atomic E-state index is 13.3. The van der Waals surface area contributed by atoms with Gasteiger partial charge in [0.1, 0.15) is 18.2 Å². The highest BCUT2D eigenvalue weighted by Gasteiger charge is 2.34. The number of piperidine rings is 1. The van der Waals surface area contributed by atoms with E-state index in [1.165, 1.54) is 6.42 Å². The number of benzene rings is 1. The molecule has 36 heavy (non-hydrogen) atoms. The lowest BCUT2D eigenvalue weighted by Crippen LogP contribution is -2.49. The second kappa shape index (κ2) is 12.9. The van der Waals surface area contributed by atoms with Crippen molar-refractivity contribution < 1.29 is 24.4 Å². The molecule has 0 unspecified atom stereocenters. The maximum Gasteiger partial charge on any atom is 0.475 e. The van der Waals surface area contributed by atoms with E-state index in [-0.39, 0.29) is 30.5 Å². The molecule has 2 heterocycles. The predicted octanol–water partition coefficient (Wildman–Crippen LogP) is 2.04. The van der Waals surface area contributed by atoms with Gasteiger partial charge in [0.05, 0.1) is 12.0 Å². The van der Waals surface area contributed by atoms with Crippen molar-refractivity contribution in [1.29, 1.82) is 5.26 Å². The molecule has 2 aliphatic rings. The van der Waals surface area contributed by atoms with Crippen LogP contribution >= 0.6 is 0 Å². The van der Waals surface area contributed by atoms with E-state index >= 15 is 0 Å². The first-order chi connectivity index (χ1) is 17.2. The fraction of sp³-hybridized carbons (Fsp3) is 0.577. The molecular weight excluding hydrogens is 459 g/mol. The monoisotopic (exact) mass is 496 g/mol. The molecule has 10 heteroatoms. The van der Waals surface area contributed by atoms with Crippen molar-refractivity contribution in [1.82, 2.24) is 15.1 Å². The van der Waals surface area contributed by atoms with Crippen molar-refractivity contribution in [2.75, 3.05) is 26.2 Å². The molecule has 0 bridgehead atoms. The number of nitriles is 1. The van der Waals surface area contributed by atoms with Gasteiger partial charge in [0.25, 0.3) is 5.91 Å². The molecule has 2 atom stereocenters. The summed E-state index contributed by atoms with van der Waals surface area (Å²) in [6, 6.07) is 10.9. The normalized spacial score (nSPS) is 19.9. The van der Waals surface area contributed by atoms with Gasteiger partial charge in [0.15, 0.2) is 0 Å². The number of likely N-dealkylation sites (tertiary alicyclic amines) is 2. The second-order valence-electron chi connectivity index (χ2n) is 10.1. The molecule has 0 radical (unpaired) electrons. The van der Waals surface area contributed by atoms with Crippen molar-refractivity contribution in [2.45, 2.75) is 69.9 Å². The molecule has 1 aromatic carbocycles. The molecule has 3 N–H and O–H groups in total. The number of carbonyl (C=O) groups is 2. The Bertz CT molecular complexity index is 957. The quantitative estimate of drug-likeness (QED) is 0.271. The Morgan fingerprint density at radius 2 is 1.89 bits per heavy atom. The Hall–Kier alpha value is -2.87. The summed E-state index contributed by atoms with van der Waals surface area (Å²) in [5, 5.41) is 31.6. The third-order valence-electron chi connectivity index (χ3n) is 7.03. The molecule has 0 spiro atoms. The number of nitrogens with zero attached hydrogens (tertiary/aromatic N) is 3. The van der Waals surface area contributed by atoms with Crippen LogP contribution in [0.1, 0.15) is 51.5 Å². The van der Waals surface area contributed by atoms with Gasteiger partial charge in [0, 0.05) is 12.1 Å². The largest absolute Gasteiger partial charge is 0.475 e. The third kappa shape index (κ3) is 7.57. The number of amides is 2. The molecule has 194 valence electrons. The average Bonchev–Trinajstić information content (AvgIpc) is 3.35. The summed E-state index contributed by atoms with van der Waals surface area (Å²) in [4.78, 5) is 29.6. The van der Waals surface area contributed by atoms with Gasteiger partial charge in [-0.1, -0.05) is 36.8 Å². The summed E-state index contributed by atoms with van der Waals surface area (Å²) < 4.78 is 5.36. The summed E-state index contributed by atoms with van der Waals surface area (Å²) in [5.74, 6) is -1.28. The number of rotatable bonds is 9. The number of alkyl carbamates (subject to hydrolysis) is 1. The summed E-state index contributed by atoms with van der Waals surface area (Å²) in [7, 11) is -1.76. The van der Waals surface area contributed by atoms with E-state index in [1.807, 2.05) is 44.2 Å². The van der Waals surface area contributed by atoms with Gasteiger partial charge in [-0.2, -0.15) is 5.26 Å². The van der Waals surface area contributed by atoms with Crippen LogP contribution in [0.4, 0.5) is 4.79 Å². The first-order valence-corrected chi connectivity index (χ1v) is 12.7. The smallest absolute Gasteiger partial charge is 0.447 e. The van der Waals surface area contributed by atoms with Crippen LogP contribution in [-0.2, 0) is 16.0 Å². The van der Waals surface area contributed by atoms with Crippen LogP contribution < -0.4 is 5.32 Å². The zero-order valence-corrected chi connectivity index (χ0v) is 21.2. The van der Waals surface area contributed by atoms with Gasteiger partial charge >= 0.3 is 13.2 Å². The Labute approximate surface area is 213 Å². The highest BCUT2D eigenvalue weighted by molar-refractivity contribution is 6.43. The van der Waals surface area contributed by atoms with Crippen molar-refractivity contribution in [3.63, 3.8) is 0 Å². The van der Waals surface area contributed by atoms with Gasteiger partial charge in [-0.3, -0.25) is 9.69 Å². The van der Waals surface area contributed by atoms with Crippen LogP contribution in [-0.4, -0.2) is 82.7 Å². The Morgan fingerprint density at radius 1 is 1.19 bits per heavy atom. The van der Waals surface area contributed by atoms with Crippen molar-refractivity contribution in [3.05, 3.63) is 47.5 Å². The van der Waals surface area contributed by atoms with Gasteiger partial charge in [0.2, 0.25) is 0 Å². The van der Waals surface area contributed by atoms with Crippen LogP contribution in [0, 0.1) is 11.3 Å². The lowest BCUT2D eigenvalue weighted by molar-refractivity contribution is -0.128. The fourth-order valence-electron chi connectivity index (χ4n) is 4.95. The molecule has 0 aromatic heterocycles. The molecule has 9 nitrogen and oxygen atoms in total. The highest BCUT2D eigenvalue weighted by atomic mass is 16.5. The van der Waals surface area contributed by atoms with Crippen molar-refractivity contribution >= 4 is 19.1 Å². The summed E-state index contributed by atoms with van der Waals surface area (Å²) >= 11 is 0. The molecule has 2 fully saturated rings. The van der Waals surface area contributed by atoms with E-state index in [2.05, 4.69) is 16.3 Å². The van der Waals surface area contributed by atoms with Gasteiger partial charge in [-0.25, -0.2) is 4.79 Å². The molecule has 2 saturated heterocycles. The summed E-state index contributed by atoms with van der Waals surface area (Å²) in [6.45, 7) is 6.40. The molecule has 2 amide bonds. The van der Waals surface area contributed by atoms with Crippen molar-refractivity contribution in [3.8, 4) is 6.07 Å². The number of ether oxygens (including phenoxy) is 1. The summed E-state index contributed by atoms with van der Waals surface area (Å²) in [5.41, 5.74) is 0.533. The molecular formula is C26H37BN4O5. The lowest BCUT2D eigenvalue weighted by atomic mass is 9.76. The summed E-state index contributed by atoms with van der Waals surface area (Å²) in [6.07, 6.45) is 6.04. The fourth-order valence-corrected chi connectivity index (χ4v) is 4.95. The highest BCUT2D eigenvalue weighted by Crippen LogP contribution is 2.25. The van der Waals surface area contributed by atoms with Crippen LogP contribution in [0.2, 0.25) is 0 Å². The average molecular weight is 496 g/mol. The van der Waals surface area contributed by atoms with E-state index in [0.717, 1.165) is 37.9 Å². The SMILES string of the molecule is CC(C)(/C=C(\C#N)C(=O)N1CCC[C@@H]1COC(=O)N[C@@H](Cc1ccccc1)B(O)O)N1CCCCC1. The minimum Gasteiger partial charge on any atom is -0.447 e. The first kappa shape index (κ1) is 27.7. The number of hydrogen-bond donors (Lipinski definition) is 3. The van der Waals surface area contributed by atoms with E-state index in [1.54, 1.807) is 11.0 Å². The molecule has 1 aromatic rings. The van der Waals surface area contributed by atoms with E-state index in [0.29, 0.717) is 13.0 Å². The predicted molar refractivity (Wildman–Crippen MR) is 137 cm³/mol. The minimum absolute atomic E-state index is 0.0363. The zero-order chi connectivity index (χ0) is 26.1.